The average molecular weight is 375 g/mol. The quantitative estimate of drug-likeness (QED) is 0.751. The molecule has 1 aliphatic heterocycles. The number of carbonyl (C=O) groups is 2. The lowest BCUT2D eigenvalue weighted by molar-refractivity contribution is 0.0735. The van der Waals surface area contributed by atoms with Crippen LogP contribution in [0.2, 0.25) is 0 Å². The topological polar surface area (TPSA) is 42.3 Å². The van der Waals surface area contributed by atoms with E-state index in [9.17, 15) is 9.59 Å². The molecule has 0 N–H and O–H groups in total. The number of Topliss-reactive ketones (excluding diaryl/α,β-unsaturated/α-hetero) is 1. The summed E-state index contributed by atoms with van der Waals surface area (Å²) in [5.74, 6) is 0.00998. The number of benzene rings is 1. The third-order valence-electron chi connectivity index (χ3n) is 4.11. The van der Waals surface area contributed by atoms with Gasteiger partial charge in [-0.25, -0.2) is 0 Å². The number of amides is 1. The molecule has 1 aromatic carbocycles. The van der Waals surface area contributed by atoms with Gasteiger partial charge in [-0.15, -0.1) is 0 Å². The van der Waals surface area contributed by atoms with Crippen molar-refractivity contribution in [3.05, 3.63) is 59.4 Å². The van der Waals surface area contributed by atoms with Crippen molar-refractivity contribution >= 4 is 27.6 Å². The summed E-state index contributed by atoms with van der Waals surface area (Å²) in [4.78, 5) is 27.1. The van der Waals surface area contributed by atoms with Crippen LogP contribution in [0.3, 0.4) is 0 Å². The van der Waals surface area contributed by atoms with Gasteiger partial charge >= 0.3 is 0 Å². The van der Waals surface area contributed by atoms with Crippen LogP contribution in [-0.2, 0) is 13.1 Å². The lowest BCUT2D eigenvalue weighted by Crippen LogP contribution is -2.32. The second-order valence-corrected chi connectivity index (χ2v) is 6.49. The van der Waals surface area contributed by atoms with E-state index in [1.54, 1.807) is 11.0 Å². The number of nitrogens with zero attached hydrogens (tertiary/aromatic N) is 2. The predicted octanol–water partition coefficient (Wildman–Crippen LogP) is 3.50. The maximum Gasteiger partial charge on any atom is 0.271 e. The summed E-state index contributed by atoms with van der Waals surface area (Å²) in [5.41, 5.74) is 2.19. The van der Waals surface area contributed by atoms with E-state index >= 15 is 0 Å². The molecule has 2 heterocycles. The van der Waals surface area contributed by atoms with E-state index < -0.39 is 0 Å². The zero-order chi connectivity index (χ0) is 16.2. The highest BCUT2D eigenvalue weighted by atomic mass is 79.9. The molecular formula is C18H19BrN2O2. The fraction of sp³-hybridized carbons (Fsp3) is 0.333. The van der Waals surface area contributed by atoms with Crippen LogP contribution in [0.25, 0.3) is 0 Å². The molecule has 120 valence electrons. The van der Waals surface area contributed by atoms with Crippen molar-refractivity contribution in [3.8, 4) is 0 Å². The van der Waals surface area contributed by atoms with Gasteiger partial charge in [0, 0.05) is 43.1 Å². The number of aryl methyl sites for hydroxylation is 1. The molecule has 0 unspecified atom stereocenters. The molecule has 5 heteroatoms. The summed E-state index contributed by atoms with van der Waals surface area (Å²) in [6.45, 7) is 1.74. The van der Waals surface area contributed by atoms with Crippen LogP contribution in [0, 0.1) is 0 Å². The van der Waals surface area contributed by atoms with Crippen LogP contribution in [0.15, 0.2) is 42.6 Å². The molecule has 0 radical (unpaired) electrons. The largest absolute Gasteiger partial charge is 0.343 e. The van der Waals surface area contributed by atoms with Crippen molar-refractivity contribution in [2.75, 3.05) is 11.9 Å². The van der Waals surface area contributed by atoms with E-state index in [0.717, 1.165) is 23.9 Å². The van der Waals surface area contributed by atoms with Gasteiger partial charge in [-0.3, -0.25) is 9.59 Å². The fourth-order valence-electron chi connectivity index (χ4n) is 2.93. The molecule has 4 nitrogen and oxygen atoms in total. The summed E-state index contributed by atoms with van der Waals surface area (Å²) >= 11 is 3.41. The molecule has 0 aliphatic carbocycles. The van der Waals surface area contributed by atoms with Gasteiger partial charge in [-0.1, -0.05) is 46.3 Å². The first-order valence-electron chi connectivity index (χ1n) is 7.82. The number of hydrogen-bond donors (Lipinski definition) is 0. The van der Waals surface area contributed by atoms with E-state index in [1.165, 1.54) is 0 Å². The Bertz CT molecular complexity index is 709. The van der Waals surface area contributed by atoms with E-state index in [1.807, 2.05) is 41.1 Å². The number of alkyl halides is 1. The zero-order valence-corrected chi connectivity index (χ0v) is 14.5. The van der Waals surface area contributed by atoms with Gasteiger partial charge in [0.15, 0.2) is 5.78 Å². The maximum absolute atomic E-state index is 13.0. The third kappa shape index (κ3) is 3.39. The fourth-order valence-corrected chi connectivity index (χ4v) is 3.18. The number of aromatic nitrogens is 1. The molecule has 0 fully saturated rings. The van der Waals surface area contributed by atoms with Crippen LogP contribution in [0.4, 0.5) is 0 Å². The molecule has 0 saturated heterocycles. The number of rotatable bonds is 5. The highest BCUT2D eigenvalue weighted by Gasteiger charge is 2.29. The minimum atomic E-state index is -0.0470. The summed E-state index contributed by atoms with van der Waals surface area (Å²) < 4.78 is 1.92. The molecule has 1 aliphatic rings. The summed E-state index contributed by atoms with van der Waals surface area (Å²) in [6.07, 6.45) is 3.16. The van der Waals surface area contributed by atoms with Gasteiger partial charge < -0.3 is 9.47 Å². The van der Waals surface area contributed by atoms with Crippen molar-refractivity contribution in [1.29, 1.82) is 0 Å². The Morgan fingerprint density at radius 3 is 2.61 bits per heavy atom. The lowest BCUT2D eigenvalue weighted by atomic mass is 10.1. The Morgan fingerprint density at radius 1 is 1.09 bits per heavy atom. The van der Waals surface area contributed by atoms with Gasteiger partial charge in [0.1, 0.15) is 5.69 Å². The Labute approximate surface area is 144 Å². The number of halogens is 1. The van der Waals surface area contributed by atoms with Gasteiger partial charge in [-0.05, 0) is 18.1 Å². The molecule has 2 aromatic rings. The first-order chi connectivity index (χ1) is 11.2. The molecule has 0 atom stereocenters. The maximum atomic E-state index is 13.0. The van der Waals surface area contributed by atoms with E-state index in [2.05, 4.69) is 15.9 Å². The Balaban J connectivity index is 1.90. The first kappa shape index (κ1) is 16.0. The number of ketones is 1. The molecule has 0 bridgehead atoms. The van der Waals surface area contributed by atoms with E-state index in [-0.39, 0.29) is 11.7 Å². The number of carbonyl (C=O) groups excluding carboxylic acids is 2. The highest BCUT2D eigenvalue weighted by molar-refractivity contribution is 9.09. The van der Waals surface area contributed by atoms with E-state index in [4.69, 9.17) is 0 Å². The van der Waals surface area contributed by atoms with Crippen LogP contribution >= 0.6 is 15.9 Å². The smallest absolute Gasteiger partial charge is 0.271 e. The van der Waals surface area contributed by atoms with Crippen LogP contribution < -0.4 is 0 Å². The van der Waals surface area contributed by atoms with Gasteiger partial charge in [0.25, 0.3) is 5.91 Å². The summed E-state index contributed by atoms with van der Waals surface area (Å²) in [7, 11) is 0. The first-order valence-corrected chi connectivity index (χ1v) is 8.94. The molecule has 1 aromatic heterocycles. The van der Waals surface area contributed by atoms with Gasteiger partial charge in [0.2, 0.25) is 0 Å². The van der Waals surface area contributed by atoms with Gasteiger partial charge in [-0.2, -0.15) is 0 Å². The molecule has 1 amide bonds. The Hall–Kier alpha value is -1.88. The summed E-state index contributed by atoms with van der Waals surface area (Å²) in [5, 5.41) is 0.871. The van der Waals surface area contributed by atoms with Crippen molar-refractivity contribution in [2.24, 2.45) is 0 Å². The second-order valence-electron chi connectivity index (χ2n) is 5.70. The van der Waals surface area contributed by atoms with Crippen LogP contribution in [0.5, 0.6) is 0 Å². The van der Waals surface area contributed by atoms with Crippen molar-refractivity contribution in [3.63, 3.8) is 0 Å². The standard InChI is InChI=1S/C18H19BrN2O2/c19-9-4-10-20-11-7-15-16(22)8-12-21(18(23)17(15)20)13-14-5-2-1-3-6-14/h1-3,5-7,11H,4,8-10,12-13H2. The van der Waals surface area contributed by atoms with Gasteiger partial charge in [0.05, 0.1) is 0 Å². The normalized spacial score (nSPS) is 14.7. The Kier molecular flexibility index (Phi) is 4.96. The zero-order valence-electron chi connectivity index (χ0n) is 12.9. The lowest BCUT2D eigenvalue weighted by Gasteiger charge is -2.21. The predicted molar refractivity (Wildman–Crippen MR) is 93.0 cm³/mol. The molecule has 23 heavy (non-hydrogen) atoms. The number of fused-ring (bicyclic) bond motifs is 1. The van der Waals surface area contributed by atoms with Crippen LogP contribution in [0.1, 0.15) is 39.3 Å². The minimum absolute atomic E-state index is 0.0470. The number of hydrogen-bond acceptors (Lipinski definition) is 2. The second kappa shape index (κ2) is 7.13. The van der Waals surface area contributed by atoms with Crippen LogP contribution in [-0.4, -0.2) is 33.0 Å². The monoisotopic (exact) mass is 374 g/mol. The van der Waals surface area contributed by atoms with Crippen molar-refractivity contribution in [2.45, 2.75) is 25.9 Å². The summed E-state index contributed by atoms with van der Waals surface area (Å²) in [6, 6.07) is 11.7. The van der Waals surface area contributed by atoms with Crippen molar-refractivity contribution < 1.29 is 9.59 Å². The molecule has 3 rings (SSSR count). The highest BCUT2D eigenvalue weighted by Crippen LogP contribution is 2.22. The molecule has 0 spiro atoms. The minimum Gasteiger partial charge on any atom is -0.343 e. The van der Waals surface area contributed by atoms with E-state index in [0.29, 0.717) is 30.8 Å². The molecular weight excluding hydrogens is 356 g/mol. The third-order valence-corrected chi connectivity index (χ3v) is 4.67. The SMILES string of the molecule is O=C1CCN(Cc2ccccc2)C(=O)c2c1ccn2CCCBr. The van der Waals surface area contributed by atoms with Crippen molar-refractivity contribution in [1.82, 2.24) is 9.47 Å². The molecule has 0 saturated carbocycles. The average Bonchev–Trinajstić information content (AvgIpc) is 2.96. The Morgan fingerprint density at radius 2 is 1.87 bits per heavy atom.